The van der Waals surface area contributed by atoms with Gasteiger partial charge in [0.1, 0.15) is 12.4 Å². The van der Waals surface area contributed by atoms with E-state index in [1.165, 1.54) is 0 Å². The summed E-state index contributed by atoms with van der Waals surface area (Å²) in [7, 11) is -2.21. The van der Waals surface area contributed by atoms with Gasteiger partial charge in [0, 0.05) is 29.3 Å². The monoisotopic (exact) mass is 499 g/mol. The Bertz CT molecular complexity index is 966. The molecule has 1 heterocycles. The molecule has 1 atom stereocenters. The number of methoxy groups -OCH3 is 1. The van der Waals surface area contributed by atoms with E-state index < -0.39 is 27.6 Å². The normalized spacial score (nSPS) is 12.8. The first-order valence-corrected chi connectivity index (χ1v) is 12.5. The van der Waals surface area contributed by atoms with Crippen LogP contribution in [0, 0.1) is 5.41 Å². The van der Waals surface area contributed by atoms with Crippen LogP contribution in [0.1, 0.15) is 31.4 Å². The van der Waals surface area contributed by atoms with Crippen LogP contribution in [0.15, 0.2) is 48.8 Å². The van der Waals surface area contributed by atoms with Crippen LogP contribution in [0.4, 0.5) is 0 Å². The van der Waals surface area contributed by atoms with Crippen molar-refractivity contribution in [1.29, 1.82) is 0 Å². The lowest BCUT2D eigenvalue weighted by Gasteiger charge is -2.32. The van der Waals surface area contributed by atoms with Gasteiger partial charge in [-0.1, -0.05) is 32.0 Å². The fourth-order valence-electron chi connectivity index (χ4n) is 2.84. The van der Waals surface area contributed by atoms with Gasteiger partial charge in [-0.2, -0.15) is 8.42 Å². The largest absolute Gasteiger partial charge is 0.497 e. The zero-order valence-corrected chi connectivity index (χ0v) is 20.6. The van der Waals surface area contributed by atoms with Crippen LogP contribution in [0.5, 0.6) is 5.75 Å². The van der Waals surface area contributed by atoms with E-state index in [1.54, 1.807) is 57.6 Å². The summed E-state index contributed by atoms with van der Waals surface area (Å²) in [6.07, 6.45) is 2.41. The fourth-order valence-corrected chi connectivity index (χ4v) is 4.23. The molecule has 182 valence electrons. The topological polar surface area (TPSA) is 101 Å². The molecule has 0 amide bonds. The number of esters is 1. The lowest BCUT2D eigenvalue weighted by Crippen LogP contribution is -2.43. The van der Waals surface area contributed by atoms with Crippen LogP contribution < -0.4 is 4.74 Å². The summed E-state index contributed by atoms with van der Waals surface area (Å²) in [6.45, 7) is 3.24. The molecule has 0 saturated carbocycles. The van der Waals surface area contributed by atoms with Gasteiger partial charge >= 0.3 is 5.97 Å². The van der Waals surface area contributed by atoms with Gasteiger partial charge in [-0.05, 0) is 30.2 Å². The summed E-state index contributed by atoms with van der Waals surface area (Å²) in [5.41, 5.74) is 0.525. The molecule has 33 heavy (non-hydrogen) atoms. The van der Waals surface area contributed by atoms with Crippen molar-refractivity contribution in [2.45, 2.75) is 39.6 Å². The number of aromatic nitrogens is 1. The van der Waals surface area contributed by atoms with Crippen molar-refractivity contribution in [1.82, 2.24) is 4.98 Å². The number of carbonyl (C=O) groups is 1. The molecule has 2 rings (SSSR count). The molecule has 0 bridgehead atoms. The fraction of sp³-hybridized carbons (Fsp3) is 0.478. The molecule has 0 radical (unpaired) electrons. The van der Waals surface area contributed by atoms with E-state index in [4.69, 9.17) is 30.0 Å². The lowest BCUT2D eigenvalue weighted by molar-refractivity contribution is -0.170. The first-order chi connectivity index (χ1) is 15.7. The van der Waals surface area contributed by atoms with Gasteiger partial charge in [0.2, 0.25) is 0 Å². The van der Waals surface area contributed by atoms with E-state index in [-0.39, 0.29) is 37.9 Å². The van der Waals surface area contributed by atoms with E-state index >= 15 is 0 Å². The highest BCUT2D eigenvalue weighted by molar-refractivity contribution is 7.86. The predicted octanol–water partition coefficient (Wildman–Crippen LogP) is 3.72. The zero-order valence-electron chi connectivity index (χ0n) is 19.0. The summed E-state index contributed by atoms with van der Waals surface area (Å²) in [4.78, 5) is 17.0. The molecule has 2 aromatic rings. The number of pyridine rings is 1. The quantitative estimate of drug-likeness (QED) is 0.220. The summed E-state index contributed by atoms with van der Waals surface area (Å²) in [6, 6.07) is 10.7. The number of halogens is 1. The Balaban J connectivity index is 2.11. The second kappa shape index (κ2) is 12.9. The third-order valence-electron chi connectivity index (χ3n) is 4.74. The Morgan fingerprint density at radius 2 is 1.85 bits per heavy atom. The van der Waals surface area contributed by atoms with E-state index in [1.807, 2.05) is 12.1 Å². The van der Waals surface area contributed by atoms with Crippen molar-refractivity contribution in [3.05, 3.63) is 59.9 Å². The minimum Gasteiger partial charge on any atom is -0.497 e. The minimum atomic E-state index is -3.78. The van der Waals surface area contributed by atoms with Crippen molar-refractivity contribution < 1.29 is 31.6 Å². The third kappa shape index (κ3) is 9.29. The molecule has 8 nitrogen and oxygen atoms in total. The Morgan fingerprint density at radius 1 is 1.12 bits per heavy atom. The van der Waals surface area contributed by atoms with E-state index in [9.17, 15) is 13.2 Å². The molecule has 0 aliphatic heterocycles. The van der Waals surface area contributed by atoms with Crippen LogP contribution >= 0.6 is 11.6 Å². The smallest absolute Gasteiger partial charge is 0.336 e. The average Bonchev–Trinajstić information content (AvgIpc) is 2.81. The van der Waals surface area contributed by atoms with Gasteiger partial charge < -0.3 is 14.2 Å². The van der Waals surface area contributed by atoms with Crippen LogP contribution in [-0.4, -0.2) is 50.8 Å². The molecule has 0 aliphatic rings. The average molecular weight is 500 g/mol. The van der Waals surface area contributed by atoms with Crippen LogP contribution in [0.25, 0.3) is 0 Å². The Morgan fingerprint density at radius 3 is 2.45 bits per heavy atom. The van der Waals surface area contributed by atoms with E-state index in [2.05, 4.69) is 4.98 Å². The van der Waals surface area contributed by atoms with Gasteiger partial charge in [-0.25, -0.2) is 4.79 Å². The van der Waals surface area contributed by atoms with Crippen molar-refractivity contribution >= 4 is 27.7 Å². The highest BCUT2D eigenvalue weighted by Gasteiger charge is 2.39. The van der Waals surface area contributed by atoms with E-state index in [0.29, 0.717) is 5.75 Å². The van der Waals surface area contributed by atoms with Crippen molar-refractivity contribution in [3.8, 4) is 5.75 Å². The van der Waals surface area contributed by atoms with Gasteiger partial charge in [-0.15, -0.1) is 11.6 Å². The molecular formula is C23H30ClNO7S. The highest BCUT2D eigenvalue weighted by Crippen LogP contribution is 2.28. The molecule has 0 unspecified atom stereocenters. The first kappa shape index (κ1) is 27.0. The molecule has 1 aromatic carbocycles. The third-order valence-corrected chi connectivity index (χ3v) is 6.27. The van der Waals surface area contributed by atoms with Crippen LogP contribution in [0.2, 0.25) is 0 Å². The molecule has 0 saturated heterocycles. The summed E-state index contributed by atoms with van der Waals surface area (Å²) in [5, 5.41) is 0. The lowest BCUT2D eigenvalue weighted by atomic mass is 9.87. The van der Waals surface area contributed by atoms with Gasteiger partial charge in [-0.3, -0.25) is 9.17 Å². The second-order valence-electron chi connectivity index (χ2n) is 8.06. The first-order valence-electron chi connectivity index (χ1n) is 10.4. The maximum atomic E-state index is 13.0. The number of hydrogen-bond acceptors (Lipinski definition) is 8. The molecular weight excluding hydrogens is 470 g/mol. The minimum absolute atomic E-state index is 0.0139. The second-order valence-corrected chi connectivity index (χ2v) is 10.2. The van der Waals surface area contributed by atoms with Crippen molar-refractivity contribution in [3.63, 3.8) is 0 Å². The van der Waals surface area contributed by atoms with Gasteiger partial charge in [0.15, 0.2) is 6.10 Å². The molecule has 0 aliphatic carbocycles. The Labute approximate surface area is 200 Å². The number of ether oxygens (including phenoxy) is 3. The Kier molecular flexibility index (Phi) is 10.6. The number of carbonyl (C=O) groups excluding carboxylic acids is 1. The molecule has 0 spiro atoms. The number of hydrogen-bond donors (Lipinski definition) is 0. The number of nitrogens with zero attached hydrogens (tertiary/aromatic N) is 1. The predicted molar refractivity (Wildman–Crippen MR) is 124 cm³/mol. The Hall–Kier alpha value is -2.20. The van der Waals surface area contributed by atoms with E-state index in [0.717, 1.165) is 11.1 Å². The summed E-state index contributed by atoms with van der Waals surface area (Å²) in [5.74, 6) is 0.0801. The summed E-state index contributed by atoms with van der Waals surface area (Å²) < 4.78 is 46.0. The van der Waals surface area contributed by atoms with Crippen LogP contribution in [-0.2, 0) is 41.8 Å². The standard InChI is InChI=1S/C23H30ClNO7S/c1-23(2,17-32-33(27,28)13-5-11-24)21(22(26)31-16-19-6-4-12-25-14-19)30-15-18-7-9-20(29-3)10-8-18/h4,6-10,12,14,21H,5,11,13,15-17H2,1-3H3/t21-/m0/s1. The van der Waals surface area contributed by atoms with Crippen molar-refractivity contribution in [2.75, 3.05) is 25.3 Å². The number of alkyl halides is 1. The zero-order chi connectivity index (χ0) is 24.3. The van der Waals surface area contributed by atoms with Crippen LogP contribution in [0.3, 0.4) is 0 Å². The SMILES string of the molecule is COc1ccc(CO[C@@H](C(=O)OCc2cccnc2)C(C)(C)COS(=O)(=O)CCCCl)cc1. The van der Waals surface area contributed by atoms with Gasteiger partial charge in [0.25, 0.3) is 10.1 Å². The molecule has 0 fully saturated rings. The van der Waals surface area contributed by atoms with Crippen molar-refractivity contribution in [2.24, 2.45) is 5.41 Å². The highest BCUT2D eigenvalue weighted by atomic mass is 35.5. The number of benzene rings is 1. The molecule has 0 N–H and O–H groups in total. The maximum absolute atomic E-state index is 13.0. The van der Waals surface area contributed by atoms with Gasteiger partial charge in [0.05, 0.1) is 26.1 Å². The summed E-state index contributed by atoms with van der Waals surface area (Å²) >= 11 is 5.58. The number of rotatable bonds is 14. The molecule has 1 aromatic heterocycles. The maximum Gasteiger partial charge on any atom is 0.336 e. The molecule has 10 heteroatoms.